The van der Waals surface area contributed by atoms with Crippen LogP contribution in [0.3, 0.4) is 0 Å². The van der Waals surface area contributed by atoms with Crippen LogP contribution in [0.4, 0.5) is 0 Å². The van der Waals surface area contributed by atoms with Crippen molar-refractivity contribution in [1.82, 2.24) is 19.6 Å². The molecule has 0 atom stereocenters. The molecular weight excluding hydrogens is 190 g/mol. The highest BCUT2D eigenvalue weighted by atomic mass is 15.3. The second-order valence-corrected chi connectivity index (χ2v) is 4.31. The molecule has 1 saturated carbocycles. The number of fused-ring (bicyclic) bond motifs is 1. The molecule has 15 heavy (non-hydrogen) atoms. The molecule has 1 fully saturated rings. The van der Waals surface area contributed by atoms with Crippen molar-refractivity contribution in [3.63, 3.8) is 0 Å². The minimum atomic E-state index is -0.0494. The molecule has 5 nitrogen and oxygen atoms in total. The summed E-state index contributed by atoms with van der Waals surface area (Å²) in [5.74, 6) is 0.939. The first kappa shape index (κ1) is 8.79. The summed E-state index contributed by atoms with van der Waals surface area (Å²) in [7, 11) is 0. The Kier molecular flexibility index (Phi) is 1.76. The Hall–Kier alpha value is -1.49. The van der Waals surface area contributed by atoms with E-state index in [2.05, 4.69) is 15.2 Å². The highest BCUT2D eigenvalue weighted by Gasteiger charge is 2.34. The molecule has 5 heteroatoms. The lowest BCUT2D eigenvalue weighted by atomic mass is 9.75. The van der Waals surface area contributed by atoms with Gasteiger partial charge in [-0.25, -0.2) is 0 Å². The maximum Gasteiger partial charge on any atom is 0.179 e. The van der Waals surface area contributed by atoms with Crippen LogP contribution in [0.25, 0.3) is 5.65 Å². The van der Waals surface area contributed by atoms with E-state index in [9.17, 15) is 0 Å². The molecule has 2 aromatic rings. The maximum absolute atomic E-state index is 6.19. The first-order valence-electron chi connectivity index (χ1n) is 5.19. The summed E-state index contributed by atoms with van der Waals surface area (Å²) >= 11 is 0. The number of aromatic nitrogens is 4. The lowest BCUT2D eigenvalue weighted by molar-refractivity contribution is 0.243. The van der Waals surface area contributed by atoms with E-state index in [0.29, 0.717) is 0 Å². The number of hydrogen-bond acceptors (Lipinski definition) is 4. The normalized spacial score (nSPS) is 19.0. The van der Waals surface area contributed by atoms with Gasteiger partial charge in [0.05, 0.1) is 6.20 Å². The van der Waals surface area contributed by atoms with Gasteiger partial charge in [0, 0.05) is 24.4 Å². The quantitative estimate of drug-likeness (QED) is 0.773. The first-order valence-corrected chi connectivity index (χ1v) is 5.19. The molecule has 2 heterocycles. The summed E-state index contributed by atoms with van der Waals surface area (Å²) in [4.78, 5) is 4.00. The monoisotopic (exact) mass is 203 g/mol. The number of nitrogens with two attached hydrogens (primary N) is 1. The lowest BCUT2D eigenvalue weighted by Gasteiger charge is -2.37. The fourth-order valence-electron chi connectivity index (χ4n) is 2.05. The molecule has 2 aromatic heterocycles. The van der Waals surface area contributed by atoms with Gasteiger partial charge in [-0.15, -0.1) is 10.2 Å². The van der Waals surface area contributed by atoms with Crippen LogP contribution in [-0.4, -0.2) is 25.1 Å². The second-order valence-electron chi connectivity index (χ2n) is 4.31. The fraction of sp³-hybridized carbons (Fsp3) is 0.500. The average Bonchev–Trinajstić information content (AvgIpc) is 2.60. The van der Waals surface area contributed by atoms with Gasteiger partial charge in [-0.1, -0.05) is 0 Å². The zero-order valence-corrected chi connectivity index (χ0v) is 8.43. The maximum atomic E-state index is 6.19. The van der Waals surface area contributed by atoms with Gasteiger partial charge in [-0.3, -0.25) is 9.38 Å². The average molecular weight is 203 g/mol. The third-order valence-electron chi connectivity index (χ3n) is 3.14. The Bertz CT molecular complexity index is 485. The Balaban J connectivity index is 1.97. The van der Waals surface area contributed by atoms with Gasteiger partial charge in [-0.05, 0) is 19.3 Å². The SMILES string of the molecule is NC1(Cc2nnc3cnccn23)CCC1. The van der Waals surface area contributed by atoms with Crippen molar-refractivity contribution in [2.24, 2.45) is 5.73 Å². The summed E-state index contributed by atoms with van der Waals surface area (Å²) in [6.07, 6.45) is 9.55. The molecule has 3 rings (SSSR count). The van der Waals surface area contributed by atoms with Crippen molar-refractivity contribution >= 4 is 5.65 Å². The van der Waals surface area contributed by atoms with Crippen molar-refractivity contribution in [2.75, 3.05) is 0 Å². The van der Waals surface area contributed by atoms with Gasteiger partial charge in [0.2, 0.25) is 0 Å². The van der Waals surface area contributed by atoms with E-state index in [1.807, 2.05) is 10.6 Å². The molecule has 78 valence electrons. The Labute approximate surface area is 87.3 Å². The molecule has 0 radical (unpaired) electrons. The minimum Gasteiger partial charge on any atom is -0.325 e. The van der Waals surface area contributed by atoms with Gasteiger partial charge in [-0.2, -0.15) is 0 Å². The van der Waals surface area contributed by atoms with Gasteiger partial charge >= 0.3 is 0 Å². The summed E-state index contributed by atoms with van der Waals surface area (Å²) in [6, 6.07) is 0. The topological polar surface area (TPSA) is 69.1 Å². The predicted molar refractivity (Wildman–Crippen MR) is 55.3 cm³/mol. The van der Waals surface area contributed by atoms with E-state index in [4.69, 9.17) is 5.73 Å². The Morgan fingerprint density at radius 3 is 3.00 bits per heavy atom. The Morgan fingerprint density at radius 1 is 1.40 bits per heavy atom. The molecule has 0 unspecified atom stereocenters. The van der Waals surface area contributed by atoms with Gasteiger partial charge in [0.15, 0.2) is 5.65 Å². The second kappa shape index (κ2) is 3.00. The molecule has 2 N–H and O–H groups in total. The van der Waals surface area contributed by atoms with Crippen molar-refractivity contribution in [3.05, 3.63) is 24.4 Å². The zero-order valence-electron chi connectivity index (χ0n) is 8.43. The molecule has 1 aliphatic carbocycles. The van der Waals surface area contributed by atoms with Crippen molar-refractivity contribution in [1.29, 1.82) is 0 Å². The van der Waals surface area contributed by atoms with Crippen LogP contribution in [-0.2, 0) is 6.42 Å². The molecule has 1 aliphatic rings. The van der Waals surface area contributed by atoms with Crippen LogP contribution in [0.5, 0.6) is 0 Å². The van der Waals surface area contributed by atoms with E-state index < -0.39 is 0 Å². The minimum absolute atomic E-state index is 0.0494. The lowest BCUT2D eigenvalue weighted by Crippen LogP contribution is -2.48. The van der Waals surface area contributed by atoms with Crippen LogP contribution < -0.4 is 5.73 Å². The zero-order chi connectivity index (χ0) is 10.3. The third-order valence-corrected chi connectivity index (χ3v) is 3.14. The van der Waals surface area contributed by atoms with Gasteiger partial charge in [0.1, 0.15) is 5.82 Å². The van der Waals surface area contributed by atoms with Gasteiger partial charge in [0.25, 0.3) is 0 Å². The molecule has 0 aromatic carbocycles. The number of hydrogen-bond donors (Lipinski definition) is 1. The van der Waals surface area contributed by atoms with Crippen LogP contribution >= 0.6 is 0 Å². The van der Waals surface area contributed by atoms with E-state index in [1.54, 1.807) is 12.4 Å². The summed E-state index contributed by atoms with van der Waals surface area (Å²) < 4.78 is 1.96. The van der Waals surface area contributed by atoms with Crippen LogP contribution in [0.15, 0.2) is 18.6 Å². The molecular formula is C10H13N5. The summed E-state index contributed by atoms with van der Waals surface area (Å²) in [6.45, 7) is 0. The molecule has 0 aliphatic heterocycles. The smallest absolute Gasteiger partial charge is 0.179 e. The van der Waals surface area contributed by atoms with Crippen LogP contribution in [0, 0.1) is 0 Å². The molecule has 0 amide bonds. The van der Waals surface area contributed by atoms with Gasteiger partial charge < -0.3 is 5.73 Å². The highest BCUT2D eigenvalue weighted by Crippen LogP contribution is 2.31. The predicted octanol–water partition coefficient (Wildman–Crippen LogP) is 0.548. The van der Waals surface area contributed by atoms with Crippen LogP contribution in [0.2, 0.25) is 0 Å². The molecule has 0 bridgehead atoms. The first-order chi connectivity index (χ1) is 7.27. The van der Waals surface area contributed by atoms with E-state index >= 15 is 0 Å². The third kappa shape index (κ3) is 1.39. The highest BCUT2D eigenvalue weighted by molar-refractivity contribution is 5.34. The number of rotatable bonds is 2. The molecule has 0 spiro atoms. The Morgan fingerprint density at radius 2 is 2.27 bits per heavy atom. The van der Waals surface area contributed by atoms with Crippen molar-refractivity contribution in [3.8, 4) is 0 Å². The summed E-state index contributed by atoms with van der Waals surface area (Å²) in [5.41, 5.74) is 6.93. The van der Waals surface area contributed by atoms with E-state index in [1.165, 1.54) is 6.42 Å². The van der Waals surface area contributed by atoms with Crippen molar-refractivity contribution < 1.29 is 0 Å². The largest absolute Gasteiger partial charge is 0.325 e. The fourth-order valence-corrected chi connectivity index (χ4v) is 2.05. The number of nitrogens with zero attached hydrogens (tertiary/aromatic N) is 4. The van der Waals surface area contributed by atoms with E-state index in [-0.39, 0.29) is 5.54 Å². The molecule has 0 saturated heterocycles. The van der Waals surface area contributed by atoms with Crippen molar-refractivity contribution in [2.45, 2.75) is 31.2 Å². The standard InChI is InChI=1S/C10H13N5/c11-10(2-1-3-10)6-8-13-14-9-7-12-4-5-15(8)9/h4-5,7H,1-3,6,11H2. The van der Waals surface area contributed by atoms with Crippen LogP contribution in [0.1, 0.15) is 25.1 Å². The summed E-state index contributed by atoms with van der Waals surface area (Å²) in [5, 5.41) is 8.21. The van der Waals surface area contributed by atoms with E-state index in [0.717, 1.165) is 30.7 Å².